The molecule has 2 aromatic carbocycles. The molecule has 0 radical (unpaired) electrons. The summed E-state index contributed by atoms with van der Waals surface area (Å²) in [5.74, 6) is 1.17. The molecule has 0 spiro atoms. The normalized spacial score (nSPS) is 19.7. The number of likely N-dealkylation sites (tertiary alicyclic amines) is 2. The number of carbonyl (C=O) groups excluding carboxylic acids is 4. The van der Waals surface area contributed by atoms with Crippen molar-refractivity contribution in [2.75, 3.05) is 27.3 Å². The maximum Gasteiger partial charge on any atom is 0.407 e. The highest BCUT2D eigenvalue weighted by Crippen LogP contribution is 2.39. The van der Waals surface area contributed by atoms with Crippen molar-refractivity contribution in [3.05, 3.63) is 72.6 Å². The van der Waals surface area contributed by atoms with E-state index in [1.165, 1.54) is 14.2 Å². The average molecular weight is 751 g/mol. The molecule has 1 saturated carbocycles. The van der Waals surface area contributed by atoms with E-state index in [2.05, 4.69) is 44.9 Å². The number of imidazole rings is 2. The smallest absolute Gasteiger partial charge is 0.407 e. The van der Waals surface area contributed by atoms with Crippen LogP contribution in [0.4, 0.5) is 9.59 Å². The van der Waals surface area contributed by atoms with Crippen molar-refractivity contribution >= 4 is 24.0 Å². The molecule has 3 aliphatic rings. The van der Waals surface area contributed by atoms with Crippen LogP contribution in [0, 0.1) is 5.92 Å². The zero-order chi connectivity index (χ0) is 38.7. The zero-order valence-corrected chi connectivity index (χ0v) is 31.9. The average Bonchev–Trinajstić information content (AvgIpc) is 4.06. The van der Waals surface area contributed by atoms with E-state index in [-0.39, 0.29) is 29.8 Å². The van der Waals surface area contributed by atoms with Crippen LogP contribution in [-0.2, 0) is 19.1 Å². The van der Waals surface area contributed by atoms with Crippen molar-refractivity contribution in [1.82, 2.24) is 40.4 Å². The number of hydrogen-bond acceptors (Lipinski definition) is 8. The Kier molecular flexibility index (Phi) is 10.9. The van der Waals surface area contributed by atoms with Crippen LogP contribution in [0.2, 0.25) is 0 Å². The molecular formula is C41H50N8O6. The number of benzene rings is 2. The second kappa shape index (κ2) is 16.0. The molecule has 2 aliphatic heterocycles. The summed E-state index contributed by atoms with van der Waals surface area (Å²) >= 11 is 0. The number of rotatable bonds is 10. The van der Waals surface area contributed by atoms with Gasteiger partial charge < -0.3 is 39.9 Å². The molecule has 290 valence electrons. The lowest BCUT2D eigenvalue weighted by Gasteiger charge is -2.35. The molecule has 3 atom stereocenters. The molecule has 3 fully saturated rings. The second-order valence-corrected chi connectivity index (χ2v) is 15.1. The van der Waals surface area contributed by atoms with Crippen LogP contribution in [0.25, 0.3) is 33.6 Å². The summed E-state index contributed by atoms with van der Waals surface area (Å²) in [4.78, 5) is 71.7. The van der Waals surface area contributed by atoms with Crippen LogP contribution in [0.5, 0.6) is 0 Å². The number of H-pyrrole nitrogens is 2. The Morgan fingerprint density at radius 3 is 1.67 bits per heavy atom. The minimum Gasteiger partial charge on any atom is -0.453 e. The Labute approximate surface area is 320 Å². The van der Waals surface area contributed by atoms with Gasteiger partial charge in [0, 0.05) is 36.6 Å². The van der Waals surface area contributed by atoms with Gasteiger partial charge in [0.25, 0.3) is 0 Å². The highest BCUT2D eigenvalue weighted by atomic mass is 16.5. The van der Waals surface area contributed by atoms with Gasteiger partial charge in [-0.3, -0.25) is 9.59 Å². The molecule has 55 heavy (non-hydrogen) atoms. The lowest BCUT2D eigenvalue weighted by molar-refractivity contribution is -0.139. The molecule has 14 heteroatoms. The van der Waals surface area contributed by atoms with Crippen LogP contribution in [0.1, 0.15) is 88.9 Å². The summed E-state index contributed by atoms with van der Waals surface area (Å²) in [5.41, 5.74) is 4.69. The number of amides is 4. The molecule has 2 saturated heterocycles. The number of carbonyl (C=O) groups is 4. The Morgan fingerprint density at radius 2 is 1.18 bits per heavy atom. The van der Waals surface area contributed by atoms with Crippen LogP contribution < -0.4 is 10.6 Å². The minimum atomic E-state index is -0.927. The summed E-state index contributed by atoms with van der Waals surface area (Å²) in [7, 11) is 2.61. The third-order valence-corrected chi connectivity index (χ3v) is 11.4. The Morgan fingerprint density at radius 1 is 0.709 bits per heavy atom. The fourth-order valence-electron chi connectivity index (χ4n) is 8.36. The highest BCUT2D eigenvalue weighted by Gasteiger charge is 2.48. The first-order valence-electron chi connectivity index (χ1n) is 19.2. The summed E-state index contributed by atoms with van der Waals surface area (Å²) in [5, 5.41) is 5.56. The first kappa shape index (κ1) is 37.6. The quantitative estimate of drug-likeness (QED) is 0.142. The molecule has 0 bridgehead atoms. The van der Waals surface area contributed by atoms with E-state index in [9.17, 15) is 19.2 Å². The predicted molar refractivity (Wildman–Crippen MR) is 205 cm³/mol. The van der Waals surface area contributed by atoms with E-state index in [1.807, 2.05) is 60.3 Å². The van der Waals surface area contributed by atoms with Crippen LogP contribution in [0.15, 0.2) is 60.9 Å². The molecule has 14 nitrogen and oxygen atoms in total. The van der Waals surface area contributed by atoms with Crippen LogP contribution >= 0.6 is 0 Å². The van der Waals surface area contributed by atoms with Crippen molar-refractivity contribution in [2.45, 2.75) is 88.9 Å². The molecule has 4 aromatic rings. The molecule has 7 rings (SSSR count). The van der Waals surface area contributed by atoms with E-state index >= 15 is 0 Å². The summed E-state index contributed by atoms with van der Waals surface area (Å²) < 4.78 is 9.61. The van der Waals surface area contributed by atoms with E-state index in [4.69, 9.17) is 19.4 Å². The van der Waals surface area contributed by atoms with Gasteiger partial charge in [-0.05, 0) is 55.6 Å². The Hall–Kier alpha value is -5.66. The second-order valence-electron chi connectivity index (χ2n) is 15.1. The number of nitrogens with one attached hydrogen (secondary N) is 4. The van der Waals surface area contributed by atoms with Crippen molar-refractivity contribution in [3.63, 3.8) is 0 Å². The van der Waals surface area contributed by atoms with E-state index < -0.39 is 23.8 Å². The van der Waals surface area contributed by atoms with Crippen LogP contribution in [0.3, 0.4) is 0 Å². The number of nitrogens with zero attached hydrogens (tertiary/aromatic N) is 4. The molecule has 2 unspecified atom stereocenters. The van der Waals surface area contributed by atoms with Crippen molar-refractivity contribution < 1.29 is 28.7 Å². The van der Waals surface area contributed by atoms with Gasteiger partial charge in [-0.2, -0.15) is 0 Å². The van der Waals surface area contributed by atoms with Gasteiger partial charge in [-0.25, -0.2) is 19.6 Å². The van der Waals surface area contributed by atoms with Gasteiger partial charge >= 0.3 is 12.2 Å². The summed E-state index contributed by atoms with van der Waals surface area (Å²) in [6, 6.07) is 15.4. The largest absolute Gasteiger partial charge is 0.453 e. The SMILES string of the molecule is COC(=O)NC(C(=O)N1CCCC1c1nc(-c2ccc(-c3ccc(-c4c[nH]c([C@@H]5CCCN5C(=O)C5(NC(=O)OC)CCCC5)n4)cc3)cc2)c[nH]1)C(C)C. The number of ether oxygens (including phenoxy) is 2. The number of alkyl carbamates (subject to hydrolysis) is 2. The minimum absolute atomic E-state index is 0.0578. The zero-order valence-electron chi connectivity index (χ0n) is 31.9. The molecule has 4 heterocycles. The standard InChI is InChI=1S/C41H50N8O6/c1-25(2)34(46-39(52)54-3)37(50)48-21-7-9-32(48)35-42-23-30(44-35)28-15-11-26(12-16-28)27-13-17-29(18-14-27)31-24-43-36(45-31)33-10-8-22-49(33)38(51)41(19-5-6-20-41)47-40(53)55-4/h11-18,23-25,32-34H,5-10,19-22H2,1-4H3,(H,42,44)(H,43,45)(H,46,52)(H,47,53)/t32?,33-,34?/m0/s1. The van der Waals surface area contributed by atoms with Gasteiger partial charge in [0.2, 0.25) is 11.8 Å². The first-order chi connectivity index (χ1) is 26.6. The fraction of sp³-hybridized carbons (Fsp3) is 0.463. The Balaban J connectivity index is 1.00. The molecule has 4 amide bonds. The summed E-state index contributed by atoms with van der Waals surface area (Å²) in [6.45, 7) is 5.02. The molecule has 1 aliphatic carbocycles. The lowest BCUT2D eigenvalue weighted by Crippen LogP contribution is -2.58. The monoisotopic (exact) mass is 750 g/mol. The first-order valence-corrected chi connectivity index (χ1v) is 19.2. The van der Waals surface area contributed by atoms with E-state index in [1.54, 1.807) is 0 Å². The van der Waals surface area contributed by atoms with Gasteiger partial charge in [0.1, 0.15) is 23.2 Å². The van der Waals surface area contributed by atoms with Crippen molar-refractivity contribution in [2.24, 2.45) is 5.92 Å². The maximum atomic E-state index is 13.9. The van der Waals surface area contributed by atoms with E-state index in [0.29, 0.717) is 25.9 Å². The number of hydrogen-bond donors (Lipinski definition) is 4. The fourth-order valence-corrected chi connectivity index (χ4v) is 8.36. The molecule has 2 aromatic heterocycles. The molecule has 4 N–H and O–H groups in total. The van der Waals surface area contributed by atoms with Gasteiger partial charge in [0.05, 0.1) is 37.7 Å². The molecular weight excluding hydrogens is 701 g/mol. The lowest BCUT2D eigenvalue weighted by atomic mass is 9.95. The highest BCUT2D eigenvalue weighted by molar-refractivity contribution is 5.91. The topological polar surface area (TPSA) is 175 Å². The summed E-state index contributed by atoms with van der Waals surface area (Å²) in [6.07, 6.45) is 8.84. The maximum absolute atomic E-state index is 13.9. The number of aromatic amines is 2. The van der Waals surface area contributed by atoms with E-state index in [0.717, 1.165) is 83.8 Å². The van der Waals surface area contributed by atoms with Gasteiger partial charge in [-0.15, -0.1) is 0 Å². The van der Waals surface area contributed by atoms with Crippen molar-refractivity contribution in [3.8, 4) is 33.6 Å². The third-order valence-electron chi connectivity index (χ3n) is 11.4. The number of methoxy groups -OCH3 is 2. The van der Waals surface area contributed by atoms with Crippen LogP contribution in [-0.4, -0.2) is 92.6 Å². The number of aromatic nitrogens is 4. The Bertz CT molecular complexity index is 2000. The van der Waals surface area contributed by atoms with Gasteiger partial charge in [0.15, 0.2) is 0 Å². The predicted octanol–water partition coefficient (Wildman–Crippen LogP) is 6.51. The van der Waals surface area contributed by atoms with Crippen molar-refractivity contribution in [1.29, 1.82) is 0 Å². The third kappa shape index (κ3) is 7.67. The van der Waals surface area contributed by atoms with Gasteiger partial charge in [-0.1, -0.05) is 75.2 Å².